The van der Waals surface area contributed by atoms with E-state index in [9.17, 15) is 9.18 Å². The Labute approximate surface area is 234 Å². The first-order valence-electron chi connectivity index (χ1n) is 14.3. The molecule has 214 valence electrons. The van der Waals surface area contributed by atoms with Crippen molar-refractivity contribution >= 4 is 5.97 Å². The van der Waals surface area contributed by atoms with Crippen molar-refractivity contribution in [3.63, 3.8) is 0 Å². The zero-order valence-electron chi connectivity index (χ0n) is 23.2. The molecule has 0 N–H and O–H groups in total. The highest BCUT2D eigenvalue weighted by Gasteiger charge is 2.29. The standard InChI is InChI=1S/C33H37F3O4/c1-3-5-19-38-24-11-7-22(8-12-24)27-17-18-28(32(36)31(27)35)23-9-13-25(14-10-23)40-33(37)29-16-15-26(21-30(29)34)39-20-6-4-2/h7-8,11-12,15-18,21,23,25H,3-6,9-10,13-14,19-20H2,1-2H3. The van der Waals surface area contributed by atoms with Crippen molar-refractivity contribution in [2.45, 2.75) is 77.2 Å². The molecule has 0 amide bonds. The van der Waals surface area contributed by atoms with Crippen molar-refractivity contribution in [2.75, 3.05) is 13.2 Å². The molecule has 3 aromatic carbocycles. The van der Waals surface area contributed by atoms with Gasteiger partial charge in [0.1, 0.15) is 23.4 Å². The highest BCUT2D eigenvalue weighted by atomic mass is 19.2. The average molecular weight is 555 g/mol. The molecule has 0 heterocycles. The average Bonchev–Trinajstić information content (AvgIpc) is 2.96. The molecule has 0 atom stereocenters. The summed E-state index contributed by atoms with van der Waals surface area (Å²) in [5.41, 5.74) is 0.964. The van der Waals surface area contributed by atoms with Crippen LogP contribution in [0.5, 0.6) is 11.5 Å². The van der Waals surface area contributed by atoms with E-state index in [4.69, 9.17) is 14.2 Å². The van der Waals surface area contributed by atoms with Crippen LogP contribution >= 0.6 is 0 Å². The van der Waals surface area contributed by atoms with Crippen LogP contribution in [0.4, 0.5) is 13.2 Å². The summed E-state index contributed by atoms with van der Waals surface area (Å²) >= 11 is 0. The SMILES string of the molecule is CCCCOc1ccc(-c2ccc(C3CCC(OC(=O)c4ccc(OCCCC)cc4F)CC3)c(F)c2F)cc1. The van der Waals surface area contributed by atoms with Crippen LogP contribution in [0.1, 0.15) is 87.1 Å². The van der Waals surface area contributed by atoms with Crippen LogP contribution in [0, 0.1) is 17.5 Å². The molecule has 0 bridgehead atoms. The molecule has 1 aliphatic rings. The Morgan fingerprint density at radius 1 is 0.775 bits per heavy atom. The Kier molecular flexibility index (Phi) is 10.5. The molecule has 7 heteroatoms. The second kappa shape index (κ2) is 14.2. The molecule has 0 aromatic heterocycles. The van der Waals surface area contributed by atoms with Crippen LogP contribution < -0.4 is 9.47 Å². The fraction of sp³-hybridized carbons (Fsp3) is 0.424. The molecule has 3 aromatic rings. The van der Waals surface area contributed by atoms with Gasteiger partial charge in [-0.05, 0) is 79.8 Å². The van der Waals surface area contributed by atoms with Crippen LogP contribution in [0.25, 0.3) is 11.1 Å². The summed E-state index contributed by atoms with van der Waals surface area (Å²) in [5, 5.41) is 0. The quantitative estimate of drug-likeness (QED) is 0.166. The molecule has 0 unspecified atom stereocenters. The maximum Gasteiger partial charge on any atom is 0.341 e. The number of hydrogen-bond donors (Lipinski definition) is 0. The number of esters is 1. The number of carbonyl (C=O) groups is 1. The second-order valence-corrected chi connectivity index (χ2v) is 10.3. The normalized spacial score (nSPS) is 16.9. The minimum absolute atomic E-state index is 0.144. The van der Waals surface area contributed by atoms with E-state index in [1.54, 1.807) is 42.5 Å². The lowest BCUT2D eigenvalue weighted by atomic mass is 9.82. The van der Waals surface area contributed by atoms with Crippen LogP contribution in [0.3, 0.4) is 0 Å². The minimum atomic E-state index is -0.872. The van der Waals surface area contributed by atoms with Crippen molar-refractivity contribution in [2.24, 2.45) is 0 Å². The molecular formula is C33H37F3O4. The van der Waals surface area contributed by atoms with Crippen molar-refractivity contribution in [3.05, 3.63) is 83.2 Å². The van der Waals surface area contributed by atoms with E-state index >= 15 is 8.78 Å². The second-order valence-electron chi connectivity index (χ2n) is 10.3. The van der Waals surface area contributed by atoms with Crippen LogP contribution in [-0.4, -0.2) is 25.3 Å². The molecule has 0 aliphatic heterocycles. The molecular weight excluding hydrogens is 517 g/mol. The van der Waals surface area contributed by atoms with Crippen LogP contribution in [0.15, 0.2) is 54.6 Å². The minimum Gasteiger partial charge on any atom is -0.494 e. The van der Waals surface area contributed by atoms with E-state index in [0.29, 0.717) is 61.5 Å². The third-order valence-electron chi connectivity index (χ3n) is 7.36. The summed E-state index contributed by atoms with van der Waals surface area (Å²) in [7, 11) is 0. The summed E-state index contributed by atoms with van der Waals surface area (Å²) in [6.45, 7) is 5.22. The third-order valence-corrected chi connectivity index (χ3v) is 7.36. The van der Waals surface area contributed by atoms with Gasteiger partial charge < -0.3 is 14.2 Å². The van der Waals surface area contributed by atoms with Gasteiger partial charge >= 0.3 is 5.97 Å². The van der Waals surface area contributed by atoms with Gasteiger partial charge in [0, 0.05) is 11.6 Å². The van der Waals surface area contributed by atoms with Gasteiger partial charge in [0.25, 0.3) is 0 Å². The monoisotopic (exact) mass is 554 g/mol. The van der Waals surface area contributed by atoms with E-state index in [-0.39, 0.29) is 17.0 Å². The van der Waals surface area contributed by atoms with E-state index in [0.717, 1.165) is 25.7 Å². The van der Waals surface area contributed by atoms with Gasteiger partial charge in [-0.1, -0.05) is 51.0 Å². The van der Waals surface area contributed by atoms with Crippen molar-refractivity contribution in [3.8, 4) is 22.6 Å². The highest BCUT2D eigenvalue weighted by Crippen LogP contribution is 2.38. The number of hydrogen-bond acceptors (Lipinski definition) is 4. The molecule has 40 heavy (non-hydrogen) atoms. The number of unbranched alkanes of at least 4 members (excludes halogenated alkanes) is 2. The lowest BCUT2D eigenvalue weighted by Gasteiger charge is -2.29. The Morgan fingerprint density at radius 2 is 1.40 bits per heavy atom. The lowest BCUT2D eigenvalue weighted by molar-refractivity contribution is 0.0189. The molecule has 1 saturated carbocycles. The van der Waals surface area contributed by atoms with E-state index in [1.807, 2.05) is 6.92 Å². The molecule has 0 spiro atoms. The van der Waals surface area contributed by atoms with Crippen molar-refractivity contribution < 1.29 is 32.2 Å². The summed E-state index contributed by atoms with van der Waals surface area (Å²) in [4.78, 5) is 12.6. The Morgan fingerprint density at radius 3 is 2.02 bits per heavy atom. The van der Waals surface area contributed by atoms with Gasteiger partial charge in [-0.2, -0.15) is 0 Å². The maximum atomic E-state index is 15.2. The highest BCUT2D eigenvalue weighted by molar-refractivity contribution is 5.90. The van der Waals surface area contributed by atoms with Gasteiger partial charge in [-0.3, -0.25) is 0 Å². The van der Waals surface area contributed by atoms with Gasteiger partial charge in [-0.25, -0.2) is 18.0 Å². The number of carbonyl (C=O) groups excluding carboxylic acids is 1. The number of ether oxygens (including phenoxy) is 3. The maximum absolute atomic E-state index is 15.2. The zero-order valence-corrected chi connectivity index (χ0v) is 23.2. The smallest absolute Gasteiger partial charge is 0.341 e. The summed E-state index contributed by atoms with van der Waals surface area (Å²) < 4.78 is 61.5. The number of rotatable bonds is 12. The number of halogens is 3. The molecule has 4 rings (SSSR count). The molecule has 4 nitrogen and oxygen atoms in total. The van der Waals surface area contributed by atoms with E-state index in [1.165, 1.54) is 12.1 Å². The largest absolute Gasteiger partial charge is 0.494 e. The Balaban J connectivity index is 1.33. The zero-order chi connectivity index (χ0) is 28.5. The van der Waals surface area contributed by atoms with Crippen LogP contribution in [-0.2, 0) is 4.74 Å². The van der Waals surface area contributed by atoms with Gasteiger partial charge in [0.2, 0.25) is 0 Å². The first-order valence-corrected chi connectivity index (χ1v) is 14.3. The van der Waals surface area contributed by atoms with E-state index in [2.05, 4.69) is 6.92 Å². The Hall–Kier alpha value is -3.48. The van der Waals surface area contributed by atoms with Crippen LogP contribution in [0.2, 0.25) is 0 Å². The molecule has 0 radical (unpaired) electrons. The molecule has 1 aliphatic carbocycles. The summed E-state index contributed by atoms with van der Waals surface area (Å²) in [6.07, 6.45) is 5.43. The summed E-state index contributed by atoms with van der Waals surface area (Å²) in [5.74, 6) is -2.26. The van der Waals surface area contributed by atoms with E-state index < -0.39 is 29.5 Å². The topological polar surface area (TPSA) is 44.8 Å². The lowest BCUT2D eigenvalue weighted by Crippen LogP contribution is -2.24. The fourth-order valence-electron chi connectivity index (χ4n) is 4.96. The summed E-state index contributed by atoms with van der Waals surface area (Å²) in [6, 6.07) is 14.4. The predicted molar refractivity (Wildman–Crippen MR) is 149 cm³/mol. The van der Waals surface area contributed by atoms with Gasteiger partial charge in [0.05, 0.1) is 18.8 Å². The fourth-order valence-corrected chi connectivity index (χ4v) is 4.96. The first kappa shape index (κ1) is 29.5. The first-order chi connectivity index (χ1) is 19.4. The molecule has 0 saturated heterocycles. The van der Waals surface area contributed by atoms with Gasteiger partial charge in [-0.15, -0.1) is 0 Å². The third kappa shape index (κ3) is 7.38. The number of benzene rings is 3. The Bertz CT molecular complexity index is 1270. The molecule has 1 fully saturated rings. The van der Waals surface area contributed by atoms with Gasteiger partial charge in [0.15, 0.2) is 11.6 Å². The predicted octanol–water partition coefficient (Wildman–Crippen LogP) is 9.01. The van der Waals surface area contributed by atoms with Crippen molar-refractivity contribution in [1.82, 2.24) is 0 Å². The van der Waals surface area contributed by atoms with Crippen molar-refractivity contribution in [1.29, 1.82) is 0 Å².